The van der Waals surface area contributed by atoms with Crippen molar-refractivity contribution in [2.24, 2.45) is 0 Å². The van der Waals surface area contributed by atoms with Crippen molar-refractivity contribution in [1.82, 2.24) is 10.2 Å². The Morgan fingerprint density at radius 1 is 1.00 bits per heavy atom. The van der Waals surface area contributed by atoms with E-state index in [1.54, 1.807) is 23.1 Å². The Morgan fingerprint density at radius 3 is 2.25 bits per heavy atom. The van der Waals surface area contributed by atoms with Gasteiger partial charge in [0.25, 0.3) is 0 Å². The van der Waals surface area contributed by atoms with Crippen LogP contribution in [0.2, 0.25) is 15.1 Å². The molecular formula is C24H29Cl3N2O2S. The number of halogens is 3. The summed E-state index contributed by atoms with van der Waals surface area (Å²) in [5.74, 6) is 0.666. The highest BCUT2D eigenvalue weighted by Gasteiger charge is 2.29. The zero-order valence-electron chi connectivity index (χ0n) is 18.5. The van der Waals surface area contributed by atoms with Crippen LogP contribution >= 0.6 is 46.6 Å². The summed E-state index contributed by atoms with van der Waals surface area (Å²) in [4.78, 5) is 27.9. The van der Waals surface area contributed by atoms with Crippen LogP contribution in [-0.2, 0) is 21.9 Å². The van der Waals surface area contributed by atoms with Gasteiger partial charge in [-0.2, -0.15) is 0 Å². The van der Waals surface area contributed by atoms with E-state index in [1.165, 1.54) is 11.8 Å². The van der Waals surface area contributed by atoms with Gasteiger partial charge in [-0.15, -0.1) is 11.8 Å². The number of benzene rings is 2. The molecule has 0 radical (unpaired) electrons. The van der Waals surface area contributed by atoms with Gasteiger partial charge in [0, 0.05) is 33.4 Å². The minimum Gasteiger partial charge on any atom is -0.352 e. The summed E-state index contributed by atoms with van der Waals surface area (Å²) >= 11 is 19.8. The van der Waals surface area contributed by atoms with E-state index in [1.807, 2.05) is 45.0 Å². The van der Waals surface area contributed by atoms with Gasteiger partial charge in [0.15, 0.2) is 0 Å². The molecule has 0 aliphatic carbocycles. The Kier molecular flexibility index (Phi) is 11.2. The zero-order chi connectivity index (χ0) is 23.7. The molecule has 0 saturated heterocycles. The number of amides is 2. The Morgan fingerprint density at radius 2 is 1.66 bits per heavy atom. The van der Waals surface area contributed by atoms with Crippen molar-refractivity contribution in [2.45, 2.75) is 58.0 Å². The van der Waals surface area contributed by atoms with Crippen LogP contribution in [0.15, 0.2) is 42.5 Å². The molecule has 2 aromatic carbocycles. The molecule has 0 unspecified atom stereocenters. The summed E-state index contributed by atoms with van der Waals surface area (Å²) in [7, 11) is 0. The van der Waals surface area contributed by atoms with Gasteiger partial charge in [-0.05, 0) is 55.2 Å². The number of thioether (sulfide) groups is 1. The highest BCUT2D eigenvalue weighted by atomic mass is 35.5. The molecule has 2 atom stereocenters. The molecule has 2 rings (SSSR count). The second-order valence-corrected chi connectivity index (χ2v) is 9.88. The van der Waals surface area contributed by atoms with Crippen LogP contribution in [0.25, 0.3) is 0 Å². The first kappa shape index (κ1) is 26.8. The minimum atomic E-state index is -0.584. The van der Waals surface area contributed by atoms with Crippen LogP contribution in [0, 0.1) is 0 Å². The standard InChI is InChI=1S/C24H29Cl3N2O2S/c1-4-16(3)28-24(31)22(5-2)29(13-18-8-11-20(26)12-21(18)27)23(30)15-32-14-17-6-9-19(25)10-7-17/h6-12,16,22H,4-5,13-15H2,1-3H3,(H,28,31)/t16-,22-/m1/s1. The molecule has 0 spiro atoms. The molecule has 0 heterocycles. The number of carbonyl (C=O) groups excluding carboxylic acids is 2. The predicted octanol–water partition coefficient (Wildman–Crippen LogP) is 6.60. The minimum absolute atomic E-state index is 0.0342. The maximum Gasteiger partial charge on any atom is 0.243 e. The van der Waals surface area contributed by atoms with Crippen molar-refractivity contribution in [3.05, 3.63) is 68.7 Å². The lowest BCUT2D eigenvalue weighted by molar-refractivity contribution is -0.139. The monoisotopic (exact) mass is 514 g/mol. The van der Waals surface area contributed by atoms with Crippen molar-refractivity contribution in [3.63, 3.8) is 0 Å². The average molecular weight is 516 g/mol. The lowest BCUT2D eigenvalue weighted by atomic mass is 10.1. The third-order valence-electron chi connectivity index (χ3n) is 5.15. The van der Waals surface area contributed by atoms with E-state index >= 15 is 0 Å². The number of rotatable bonds is 11. The molecule has 0 aliphatic heterocycles. The van der Waals surface area contributed by atoms with E-state index in [0.29, 0.717) is 27.2 Å². The second-order valence-electron chi connectivity index (χ2n) is 7.62. The van der Waals surface area contributed by atoms with E-state index in [2.05, 4.69) is 5.32 Å². The number of carbonyl (C=O) groups is 2. The number of hydrogen-bond acceptors (Lipinski definition) is 3. The molecular weight excluding hydrogens is 487 g/mol. The molecule has 2 amide bonds. The molecule has 174 valence electrons. The molecule has 32 heavy (non-hydrogen) atoms. The summed E-state index contributed by atoms with van der Waals surface area (Å²) in [6, 6.07) is 12.2. The van der Waals surface area contributed by atoms with Gasteiger partial charge in [0.1, 0.15) is 6.04 Å². The van der Waals surface area contributed by atoms with Gasteiger partial charge in [-0.3, -0.25) is 9.59 Å². The Balaban J connectivity index is 2.17. The van der Waals surface area contributed by atoms with Crippen molar-refractivity contribution < 1.29 is 9.59 Å². The molecule has 0 saturated carbocycles. The van der Waals surface area contributed by atoms with Crippen molar-refractivity contribution in [3.8, 4) is 0 Å². The van der Waals surface area contributed by atoms with Gasteiger partial charge in [0.2, 0.25) is 11.8 Å². The molecule has 2 aromatic rings. The fourth-order valence-corrected chi connectivity index (χ4v) is 4.58. The van der Waals surface area contributed by atoms with Gasteiger partial charge < -0.3 is 10.2 Å². The van der Waals surface area contributed by atoms with Crippen LogP contribution in [0.3, 0.4) is 0 Å². The molecule has 4 nitrogen and oxygen atoms in total. The van der Waals surface area contributed by atoms with Gasteiger partial charge in [0.05, 0.1) is 5.75 Å². The Labute approximate surface area is 210 Å². The lowest BCUT2D eigenvalue weighted by Gasteiger charge is -2.31. The quantitative estimate of drug-likeness (QED) is 0.367. The number of nitrogens with one attached hydrogen (secondary N) is 1. The largest absolute Gasteiger partial charge is 0.352 e. The smallest absolute Gasteiger partial charge is 0.243 e. The number of hydrogen-bond donors (Lipinski definition) is 1. The normalized spacial score (nSPS) is 12.8. The van der Waals surface area contributed by atoms with Gasteiger partial charge >= 0.3 is 0 Å². The predicted molar refractivity (Wildman–Crippen MR) is 137 cm³/mol. The maximum absolute atomic E-state index is 13.3. The fourth-order valence-electron chi connectivity index (χ4n) is 3.11. The topological polar surface area (TPSA) is 49.4 Å². The first-order valence-electron chi connectivity index (χ1n) is 10.6. The summed E-state index contributed by atoms with van der Waals surface area (Å²) < 4.78 is 0. The Hall–Kier alpha value is -1.40. The lowest BCUT2D eigenvalue weighted by Crippen LogP contribution is -2.51. The first-order chi connectivity index (χ1) is 15.2. The SMILES string of the molecule is CC[C@@H](C)NC(=O)[C@@H](CC)N(Cc1ccc(Cl)cc1Cl)C(=O)CSCc1ccc(Cl)cc1. The van der Waals surface area contributed by atoms with Gasteiger partial charge in [-0.25, -0.2) is 0 Å². The molecule has 8 heteroatoms. The fraction of sp³-hybridized carbons (Fsp3) is 0.417. The van der Waals surface area contributed by atoms with Crippen molar-refractivity contribution in [2.75, 3.05) is 5.75 Å². The first-order valence-corrected chi connectivity index (χ1v) is 12.9. The van der Waals surface area contributed by atoms with Crippen molar-refractivity contribution in [1.29, 1.82) is 0 Å². The molecule has 0 aliphatic rings. The van der Waals surface area contributed by atoms with Crippen LogP contribution < -0.4 is 5.32 Å². The van der Waals surface area contributed by atoms with Crippen molar-refractivity contribution >= 4 is 58.4 Å². The van der Waals surface area contributed by atoms with Crippen LogP contribution in [0.4, 0.5) is 0 Å². The van der Waals surface area contributed by atoms with E-state index in [4.69, 9.17) is 34.8 Å². The number of nitrogens with zero attached hydrogens (tertiary/aromatic N) is 1. The third-order valence-corrected chi connectivity index (χ3v) is 6.98. The summed E-state index contributed by atoms with van der Waals surface area (Å²) in [6.45, 7) is 6.11. The Bertz CT molecular complexity index is 909. The molecule has 1 N–H and O–H groups in total. The third kappa shape index (κ3) is 8.18. The van der Waals surface area contributed by atoms with E-state index < -0.39 is 6.04 Å². The van der Waals surface area contributed by atoms with Crippen LogP contribution in [-0.4, -0.2) is 34.6 Å². The second kappa shape index (κ2) is 13.3. The van der Waals surface area contributed by atoms with Crippen LogP contribution in [0.1, 0.15) is 44.7 Å². The summed E-state index contributed by atoms with van der Waals surface area (Å²) in [6.07, 6.45) is 1.32. The molecule has 0 aromatic heterocycles. The van der Waals surface area contributed by atoms with Gasteiger partial charge in [-0.1, -0.05) is 66.8 Å². The highest BCUT2D eigenvalue weighted by Crippen LogP contribution is 2.25. The van der Waals surface area contributed by atoms with E-state index in [0.717, 1.165) is 17.5 Å². The zero-order valence-corrected chi connectivity index (χ0v) is 21.6. The molecule has 0 fully saturated rings. The highest BCUT2D eigenvalue weighted by molar-refractivity contribution is 7.99. The van der Waals surface area contributed by atoms with E-state index in [-0.39, 0.29) is 30.2 Å². The summed E-state index contributed by atoms with van der Waals surface area (Å²) in [5.41, 5.74) is 1.84. The summed E-state index contributed by atoms with van der Waals surface area (Å²) in [5, 5.41) is 4.68. The van der Waals surface area contributed by atoms with Crippen LogP contribution in [0.5, 0.6) is 0 Å². The van der Waals surface area contributed by atoms with E-state index in [9.17, 15) is 9.59 Å². The maximum atomic E-state index is 13.3. The average Bonchev–Trinajstić information content (AvgIpc) is 2.76. The molecule has 0 bridgehead atoms.